The molecule has 0 radical (unpaired) electrons. The van der Waals surface area contributed by atoms with Gasteiger partial charge in [0.2, 0.25) is 0 Å². The van der Waals surface area contributed by atoms with Crippen LogP contribution in [0.1, 0.15) is 25.0 Å². The molecule has 2 N–H and O–H groups in total. The molecule has 1 aliphatic heterocycles. The van der Waals surface area contributed by atoms with Crippen LogP contribution in [0.4, 0.5) is 5.69 Å². The zero-order chi connectivity index (χ0) is 21.9. The summed E-state index contributed by atoms with van der Waals surface area (Å²) in [6.45, 7) is 4.11. The predicted octanol–water partition coefficient (Wildman–Crippen LogP) is 3.32. The van der Waals surface area contributed by atoms with Gasteiger partial charge in [0.15, 0.2) is 0 Å². The third kappa shape index (κ3) is 4.68. The zero-order valence-corrected chi connectivity index (χ0v) is 17.7. The molecule has 9 heteroatoms. The number of fused-ring (bicyclic) bond motifs is 1. The maximum absolute atomic E-state index is 13.2. The quantitative estimate of drug-likeness (QED) is 0.614. The van der Waals surface area contributed by atoms with Crippen LogP contribution in [0.15, 0.2) is 41.3 Å². The fourth-order valence-electron chi connectivity index (χ4n) is 3.17. The Labute approximate surface area is 175 Å². The lowest BCUT2D eigenvalue weighted by atomic mass is 10.1. The fraction of sp³-hybridized carbons (Fsp3) is 0.286. The summed E-state index contributed by atoms with van der Waals surface area (Å²) in [5.74, 6) is -0.00628. The van der Waals surface area contributed by atoms with Crippen LogP contribution >= 0.6 is 0 Å². The molecule has 0 aliphatic carbocycles. The molecule has 3 rings (SSSR count). The van der Waals surface area contributed by atoms with Crippen molar-refractivity contribution in [3.8, 4) is 17.2 Å². The van der Waals surface area contributed by atoms with Crippen LogP contribution in [-0.2, 0) is 21.2 Å². The smallest absolute Gasteiger partial charge is 0.328 e. The second-order valence-electron chi connectivity index (χ2n) is 6.71. The number of rotatable bonds is 8. The average Bonchev–Trinajstić information content (AvgIpc) is 3.05. The Bertz CT molecular complexity index is 1090. The van der Waals surface area contributed by atoms with Gasteiger partial charge in [0.05, 0.1) is 19.4 Å². The minimum Gasteiger partial charge on any atom is -0.495 e. The van der Waals surface area contributed by atoms with E-state index in [2.05, 4.69) is 4.72 Å². The highest BCUT2D eigenvalue weighted by molar-refractivity contribution is 7.92. The molecule has 0 amide bonds. The van der Waals surface area contributed by atoms with Gasteiger partial charge in [0.1, 0.15) is 28.2 Å². The van der Waals surface area contributed by atoms with Gasteiger partial charge in [-0.3, -0.25) is 4.72 Å². The van der Waals surface area contributed by atoms with Gasteiger partial charge in [0, 0.05) is 24.1 Å². The summed E-state index contributed by atoms with van der Waals surface area (Å²) >= 11 is 0. The lowest BCUT2D eigenvalue weighted by molar-refractivity contribution is -0.131. The van der Waals surface area contributed by atoms with E-state index in [0.717, 1.165) is 11.6 Å². The normalized spacial score (nSPS) is 15.5. The van der Waals surface area contributed by atoms with Crippen LogP contribution in [0.25, 0.3) is 6.08 Å². The molecule has 8 nitrogen and oxygen atoms in total. The van der Waals surface area contributed by atoms with Gasteiger partial charge in [-0.15, -0.1) is 0 Å². The summed E-state index contributed by atoms with van der Waals surface area (Å²) in [6.07, 6.45) is 2.95. The highest BCUT2D eigenvalue weighted by Crippen LogP contribution is 2.39. The highest BCUT2D eigenvalue weighted by atomic mass is 32.2. The Morgan fingerprint density at radius 2 is 2.07 bits per heavy atom. The van der Waals surface area contributed by atoms with Crippen LogP contribution in [0, 0.1) is 0 Å². The molecule has 0 aromatic heterocycles. The Kier molecular flexibility index (Phi) is 6.21. The molecule has 1 atom stereocenters. The van der Waals surface area contributed by atoms with Crippen molar-refractivity contribution in [3.63, 3.8) is 0 Å². The van der Waals surface area contributed by atoms with Gasteiger partial charge in [-0.25, -0.2) is 13.2 Å². The van der Waals surface area contributed by atoms with E-state index in [9.17, 15) is 13.2 Å². The van der Waals surface area contributed by atoms with Crippen LogP contribution in [0.2, 0.25) is 0 Å². The highest BCUT2D eigenvalue weighted by Gasteiger charge is 2.26. The van der Waals surface area contributed by atoms with Crippen molar-refractivity contribution in [2.24, 2.45) is 0 Å². The van der Waals surface area contributed by atoms with E-state index in [0.29, 0.717) is 30.1 Å². The molecule has 2 aromatic carbocycles. The molecule has 0 fully saturated rings. The summed E-state index contributed by atoms with van der Waals surface area (Å²) in [4.78, 5) is 10.6. The molecule has 0 bridgehead atoms. The van der Waals surface area contributed by atoms with Gasteiger partial charge in [-0.1, -0.05) is 6.07 Å². The number of anilines is 1. The molecule has 0 spiro atoms. The second-order valence-corrected chi connectivity index (χ2v) is 8.36. The number of methoxy groups -OCH3 is 1. The molecule has 1 unspecified atom stereocenters. The molecule has 30 heavy (non-hydrogen) atoms. The number of carbonyl (C=O) groups is 1. The minimum atomic E-state index is -4.08. The van der Waals surface area contributed by atoms with Crippen molar-refractivity contribution in [1.29, 1.82) is 0 Å². The molecular formula is C21H23NO7S. The minimum absolute atomic E-state index is 0.000804. The van der Waals surface area contributed by atoms with Gasteiger partial charge in [-0.05, 0) is 43.7 Å². The van der Waals surface area contributed by atoms with E-state index < -0.39 is 16.0 Å². The van der Waals surface area contributed by atoms with Crippen LogP contribution in [-0.4, -0.2) is 39.3 Å². The summed E-state index contributed by atoms with van der Waals surface area (Å²) < 4.78 is 45.4. The van der Waals surface area contributed by atoms with Gasteiger partial charge >= 0.3 is 5.97 Å². The van der Waals surface area contributed by atoms with Crippen molar-refractivity contribution in [2.75, 3.05) is 18.4 Å². The van der Waals surface area contributed by atoms with Gasteiger partial charge in [0.25, 0.3) is 10.0 Å². The van der Waals surface area contributed by atoms with E-state index in [1.54, 1.807) is 18.2 Å². The summed E-state index contributed by atoms with van der Waals surface area (Å²) in [5, 5.41) is 8.81. The fourth-order valence-corrected chi connectivity index (χ4v) is 4.43. The number of carboxylic acids is 1. The molecule has 0 saturated heterocycles. The maximum atomic E-state index is 13.2. The molecule has 1 heterocycles. The van der Waals surface area contributed by atoms with Gasteiger partial charge in [-0.2, -0.15) is 0 Å². The lowest BCUT2D eigenvalue weighted by Gasteiger charge is -2.16. The standard InChI is InChI=1S/C21H23NO7S/c1-4-28-19-11-15-9-13(2)29-18(15)12-16(19)22-30(25,26)20-10-14(6-8-21(23)24)5-7-17(20)27-3/h5-8,10-13,22H,4,9H2,1-3H3,(H,23,24). The number of aliphatic carboxylic acids is 1. The Hall–Kier alpha value is -3.20. The summed E-state index contributed by atoms with van der Waals surface area (Å²) in [7, 11) is -2.72. The maximum Gasteiger partial charge on any atom is 0.328 e. The molecule has 1 aliphatic rings. The zero-order valence-electron chi connectivity index (χ0n) is 16.8. The molecular weight excluding hydrogens is 410 g/mol. The molecule has 2 aromatic rings. The number of ether oxygens (including phenoxy) is 3. The van der Waals surface area contributed by atoms with Crippen molar-refractivity contribution < 1.29 is 32.5 Å². The first-order chi connectivity index (χ1) is 14.2. The number of benzene rings is 2. The number of nitrogens with one attached hydrogen (secondary N) is 1. The van der Waals surface area contributed by atoms with E-state index >= 15 is 0 Å². The Morgan fingerprint density at radius 3 is 2.73 bits per heavy atom. The van der Waals surface area contributed by atoms with Crippen LogP contribution < -0.4 is 18.9 Å². The van der Waals surface area contributed by atoms with E-state index in [-0.39, 0.29) is 22.4 Å². The second kappa shape index (κ2) is 8.66. The molecule has 0 saturated carbocycles. The SMILES string of the molecule is CCOc1cc2c(cc1NS(=O)(=O)c1cc(C=CC(=O)O)ccc1OC)OC(C)C2. The predicted molar refractivity (Wildman–Crippen MR) is 112 cm³/mol. The van der Waals surface area contributed by atoms with E-state index in [1.165, 1.54) is 25.3 Å². The van der Waals surface area contributed by atoms with Crippen molar-refractivity contribution in [1.82, 2.24) is 0 Å². The molecule has 160 valence electrons. The first kappa shape index (κ1) is 21.5. The largest absolute Gasteiger partial charge is 0.495 e. The first-order valence-corrected chi connectivity index (χ1v) is 10.8. The number of carboxylic acid groups (broad SMARTS) is 1. The van der Waals surface area contributed by atoms with E-state index in [4.69, 9.17) is 19.3 Å². The first-order valence-electron chi connectivity index (χ1n) is 9.31. The van der Waals surface area contributed by atoms with E-state index in [1.807, 2.05) is 13.8 Å². The van der Waals surface area contributed by atoms with Crippen LogP contribution in [0.3, 0.4) is 0 Å². The number of hydrogen-bond donors (Lipinski definition) is 2. The topological polar surface area (TPSA) is 111 Å². The summed E-state index contributed by atoms with van der Waals surface area (Å²) in [6, 6.07) is 7.76. The Morgan fingerprint density at radius 1 is 1.30 bits per heavy atom. The van der Waals surface area contributed by atoms with Crippen LogP contribution in [0.5, 0.6) is 17.2 Å². The third-order valence-electron chi connectivity index (χ3n) is 4.44. The van der Waals surface area contributed by atoms with Crippen molar-refractivity contribution in [3.05, 3.63) is 47.5 Å². The number of hydrogen-bond acceptors (Lipinski definition) is 6. The monoisotopic (exact) mass is 433 g/mol. The van der Waals surface area contributed by atoms with Crippen molar-refractivity contribution >= 4 is 27.8 Å². The summed E-state index contributed by atoms with van der Waals surface area (Å²) in [5.41, 5.74) is 1.60. The lowest BCUT2D eigenvalue weighted by Crippen LogP contribution is -2.15. The van der Waals surface area contributed by atoms with Crippen molar-refractivity contribution in [2.45, 2.75) is 31.3 Å². The Balaban J connectivity index is 2.02. The number of sulfonamides is 1. The third-order valence-corrected chi connectivity index (χ3v) is 5.82. The van der Waals surface area contributed by atoms with Gasteiger partial charge < -0.3 is 19.3 Å². The average molecular weight is 433 g/mol.